The second-order valence-corrected chi connectivity index (χ2v) is 9.65. The number of rotatable bonds is 1. The molecule has 3 saturated carbocycles. The fourth-order valence-electron chi connectivity index (χ4n) is 7.00. The molecule has 0 unspecified atom stereocenters. The van der Waals surface area contributed by atoms with Crippen molar-refractivity contribution in [2.75, 3.05) is 0 Å². The lowest BCUT2D eigenvalue weighted by molar-refractivity contribution is -0.157. The molecule has 3 fully saturated rings. The lowest BCUT2D eigenvalue weighted by Crippen LogP contribution is -2.52. The van der Waals surface area contributed by atoms with E-state index in [4.69, 9.17) is 16.3 Å². The number of ketones is 1. The Morgan fingerprint density at radius 1 is 1.08 bits per heavy atom. The zero-order chi connectivity index (χ0) is 18.0. The van der Waals surface area contributed by atoms with E-state index < -0.39 is 0 Å². The van der Waals surface area contributed by atoms with Crippen LogP contribution in [0.15, 0.2) is 10.6 Å². The van der Waals surface area contributed by atoms with Crippen molar-refractivity contribution >= 4 is 23.4 Å². The summed E-state index contributed by atoms with van der Waals surface area (Å²) < 4.78 is 5.71. The first-order valence-corrected chi connectivity index (χ1v) is 10.2. The molecule has 4 aliphatic rings. The van der Waals surface area contributed by atoms with Crippen molar-refractivity contribution in [3.63, 3.8) is 0 Å². The maximum absolute atomic E-state index is 12.1. The Bertz CT molecular complexity index is 654. The van der Waals surface area contributed by atoms with Crippen molar-refractivity contribution in [2.45, 2.75) is 78.2 Å². The fraction of sp³-hybridized carbons (Fsp3) is 0.810. The molecule has 25 heavy (non-hydrogen) atoms. The number of carbonyl (C=O) groups excluding carboxylic acids is 2. The molecule has 0 bridgehead atoms. The van der Waals surface area contributed by atoms with Crippen LogP contribution in [0.2, 0.25) is 0 Å². The highest BCUT2D eigenvalue weighted by molar-refractivity contribution is 6.43. The van der Waals surface area contributed by atoms with Crippen molar-refractivity contribution in [3.8, 4) is 0 Å². The Balaban J connectivity index is 1.65. The molecule has 138 valence electrons. The number of hydrogen-bond acceptors (Lipinski definition) is 3. The van der Waals surface area contributed by atoms with E-state index in [1.807, 2.05) is 0 Å². The van der Waals surface area contributed by atoms with Crippen LogP contribution in [0, 0.1) is 28.6 Å². The third-order valence-electron chi connectivity index (χ3n) is 8.27. The van der Waals surface area contributed by atoms with Gasteiger partial charge < -0.3 is 4.74 Å². The van der Waals surface area contributed by atoms with Gasteiger partial charge in [-0.05, 0) is 73.7 Å². The number of hydrogen-bond donors (Lipinski definition) is 0. The van der Waals surface area contributed by atoms with Gasteiger partial charge in [-0.15, -0.1) is 0 Å². The summed E-state index contributed by atoms with van der Waals surface area (Å²) in [5, 5.41) is 0.546. The van der Waals surface area contributed by atoms with Gasteiger partial charge in [-0.25, -0.2) is 0 Å². The van der Waals surface area contributed by atoms with Crippen molar-refractivity contribution in [1.29, 1.82) is 0 Å². The number of fused-ring (bicyclic) bond motifs is 5. The van der Waals surface area contributed by atoms with Crippen LogP contribution in [0.25, 0.3) is 0 Å². The van der Waals surface area contributed by atoms with Crippen LogP contribution in [0.5, 0.6) is 0 Å². The summed E-state index contributed by atoms with van der Waals surface area (Å²) in [7, 11) is 0. The molecular formula is C21H29ClO3. The summed E-state index contributed by atoms with van der Waals surface area (Å²) in [5.41, 5.74) is 1.46. The minimum atomic E-state index is -0.146. The standard InChI is InChI=1S/C21H29ClO3/c1-12(23)25-18-7-6-14-13-4-5-16-19(22)17(24)9-11-20(16,2)15(13)8-10-21(14,18)3/h13-15,18H,4-11H2,1-3H3/t13-,14-,15-,18-,20+,21-/m0/s1. The van der Waals surface area contributed by atoms with E-state index >= 15 is 0 Å². The van der Waals surface area contributed by atoms with Gasteiger partial charge in [0.2, 0.25) is 0 Å². The van der Waals surface area contributed by atoms with Crippen LogP contribution < -0.4 is 0 Å². The maximum Gasteiger partial charge on any atom is 0.302 e. The van der Waals surface area contributed by atoms with E-state index in [9.17, 15) is 9.59 Å². The van der Waals surface area contributed by atoms with Crippen LogP contribution in [0.4, 0.5) is 0 Å². The van der Waals surface area contributed by atoms with Gasteiger partial charge in [0.1, 0.15) is 6.10 Å². The number of Topliss-reactive ketones (excluding diaryl/α,β-unsaturated/α-hetero) is 1. The van der Waals surface area contributed by atoms with Crippen LogP contribution in [-0.4, -0.2) is 17.9 Å². The number of ether oxygens (including phenoxy) is 1. The summed E-state index contributed by atoms with van der Waals surface area (Å²) in [6, 6.07) is 0. The minimum absolute atomic E-state index is 0.0808. The predicted molar refractivity (Wildman–Crippen MR) is 97.1 cm³/mol. The zero-order valence-corrected chi connectivity index (χ0v) is 16.3. The molecule has 0 aromatic carbocycles. The third-order valence-corrected chi connectivity index (χ3v) is 8.71. The Kier molecular flexibility index (Phi) is 4.10. The Morgan fingerprint density at radius 3 is 2.56 bits per heavy atom. The zero-order valence-electron chi connectivity index (χ0n) is 15.6. The average Bonchev–Trinajstić information content (AvgIpc) is 2.88. The first-order chi connectivity index (χ1) is 11.8. The molecule has 0 amide bonds. The van der Waals surface area contributed by atoms with Crippen molar-refractivity contribution in [1.82, 2.24) is 0 Å². The van der Waals surface area contributed by atoms with Crippen molar-refractivity contribution in [3.05, 3.63) is 10.6 Å². The SMILES string of the molecule is CC(=O)O[C@H]1CC[C@H]2[C@@H]3CCC4=C(Cl)C(=O)CC[C@]4(C)[C@H]3CC[C@]12C. The first-order valence-electron chi connectivity index (χ1n) is 9.87. The van der Waals surface area contributed by atoms with Gasteiger partial charge in [-0.2, -0.15) is 0 Å². The quantitative estimate of drug-likeness (QED) is 0.614. The molecule has 0 aromatic rings. The molecule has 4 aliphatic carbocycles. The Morgan fingerprint density at radius 2 is 1.84 bits per heavy atom. The summed E-state index contributed by atoms with van der Waals surface area (Å²) >= 11 is 6.45. The smallest absolute Gasteiger partial charge is 0.302 e. The van der Waals surface area contributed by atoms with Crippen LogP contribution in [0.3, 0.4) is 0 Å². The molecule has 0 saturated heterocycles. The second kappa shape index (κ2) is 5.84. The highest BCUT2D eigenvalue weighted by atomic mass is 35.5. The molecule has 0 radical (unpaired) electrons. The van der Waals surface area contributed by atoms with E-state index in [2.05, 4.69) is 13.8 Å². The van der Waals surface area contributed by atoms with Gasteiger partial charge in [0.15, 0.2) is 5.78 Å². The number of esters is 1. The molecule has 0 N–H and O–H groups in total. The number of allylic oxidation sites excluding steroid dienone is 1. The Labute approximate surface area is 155 Å². The highest BCUT2D eigenvalue weighted by Crippen LogP contribution is 2.66. The van der Waals surface area contributed by atoms with Crippen LogP contribution in [-0.2, 0) is 14.3 Å². The summed E-state index contributed by atoms with van der Waals surface area (Å²) in [6.45, 7) is 6.23. The van der Waals surface area contributed by atoms with Gasteiger partial charge in [0.25, 0.3) is 0 Å². The number of carbonyl (C=O) groups is 2. The van der Waals surface area contributed by atoms with E-state index in [-0.39, 0.29) is 28.7 Å². The molecule has 3 nitrogen and oxygen atoms in total. The minimum Gasteiger partial charge on any atom is -0.462 e. The molecule has 4 heteroatoms. The van der Waals surface area contributed by atoms with Crippen molar-refractivity contribution in [2.24, 2.45) is 28.6 Å². The van der Waals surface area contributed by atoms with Crippen molar-refractivity contribution < 1.29 is 14.3 Å². The lowest BCUT2D eigenvalue weighted by Gasteiger charge is -2.58. The van der Waals surface area contributed by atoms with Gasteiger partial charge in [0.05, 0.1) is 5.03 Å². The fourth-order valence-corrected chi connectivity index (χ4v) is 7.40. The predicted octanol–water partition coefficient (Wildman–Crippen LogP) is 5.02. The summed E-state index contributed by atoms with van der Waals surface area (Å²) in [6.07, 6.45) is 8.17. The molecule has 0 heterocycles. The van der Waals surface area contributed by atoms with Crippen LogP contribution >= 0.6 is 11.6 Å². The molecule has 6 atom stereocenters. The normalized spacial score (nSPS) is 46.3. The molecular weight excluding hydrogens is 336 g/mol. The average molecular weight is 365 g/mol. The third kappa shape index (κ3) is 2.44. The van der Waals surface area contributed by atoms with Gasteiger partial charge in [0, 0.05) is 18.8 Å². The van der Waals surface area contributed by atoms with E-state index in [1.165, 1.54) is 12.5 Å². The van der Waals surface area contributed by atoms with Crippen LogP contribution in [0.1, 0.15) is 72.1 Å². The largest absolute Gasteiger partial charge is 0.462 e. The molecule has 0 aliphatic heterocycles. The Hall–Kier alpha value is -0.830. The monoisotopic (exact) mass is 364 g/mol. The summed E-state index contributed by atoms with van der Waals surface area (Å²) in [4.78, 5) is 23.6. The molecule has 0 aromatic heterocycles. The van der Waals surface area contributed by atoms with Gasteiger partial charge >= 0.3 is 5.97 Å². The molecule has 0 spiro atoms. The number of halogens is 1. The van der Waals surface area contributed by atoms with Gasteiger partial charge in [-0.1, -0.05) is 25.4 Å². The second-order valence-electron chi connectivity index (χ2n) is 9.27. The highest BCUT2D eigenvalue weighted by Gasteiger charge is 2.60. The summed E-state index contributed by atoms with van der Waals surface area (Å²) in [5.74, 6) is 1.92. The lowest BCUT2D eigenvalue weighted by atomic mass is 9.47. The van der Waals surface area contributed by atoms with E-state index in [0.717, 1.165) is 44.9 Å². The van der Waals surface area contributed by atoms with E-state index in [0.29, 0.717) is 29.2 Å². The molecule has 4 rings (SSSR count). The first kappa shape index (κ1) is 17.6. The maximum atomic E-state index is 12.1. The topological polar surface area (TPSA) is 43.4 Å². The van der Waals surface area contributed by atoms with Gasteiger partial charge in [-0.3, -0.25) is 9.59 Å². The van der Waals surface area contributed by atoms with E-state index in [1.54, 1.807) is 0 Å².